The van der Waals surface area contributed by atoms with Gasteiger partial charge in [0.25, 0.3) is 11.5 Å². The fourth-order valence-electron chi connectivity index (χ4n) is 2.22. The minimum absolute atomic E-state index is 0.00730. The molecule has 2 rings (SSSR count). The first-order valence-electron chi connectivity index (χ1n) is 7.67. The lowest BCUT2D eigenvalue weighted by atomic mass is 10.1. The van der Waals surface area contributed by atoms with Crippen LogP contribution in [0.2, 0.25) is 0 Å². The van der Waals surface area contributed by atoms with E-state index >= 15 is 0 Å². The summed E-state index contributed by atoms with van der Waals surface area (Å²) in [6, 6.07) is 10.8. The number of carboxylic acid groups (broad SMARTS) is 1. The molecule has 0 aliphatic carbocycles. The smallest absolute Gasteiger partial charge is 0.326 e. The van der Waals surface area contributed by atoms with Gasteiger partial charge < -0.3 is 10.4 Å². The molecule has 1 aromatic carbocycles. The van der Waals surface area contributed by atoms with E-state index in [9.17, 15) is 14.4 Å². The summed E-state index contributed by atoms with van der Waals surface area (Å²) in [4.78, 5) is 35.2. The van der Waals surface area contributed by atoms with Crippen molar-refractivity contribution < 1.29 is 14.7 Å². The number of aliphatic carboxylic acids is 1. The van der Waals surface area contributed by atoms with Gasteiger partial charge in [0.15, 0.2) is 0 Å². The molecule has 2 N–H and O–H groups in total. The topological polar surface area (TPSA) is 101 Å². The van der Waals surface area contributed by atoms with E-state index in [2.05, 4.69) is 10.4 Å². The fourth-order valence-corrected chi connectivity index (χ4v) is 2.22. The predicted octanol–water partition coefficient (Wildman–Crippen LogP) is 1.27. The van der Waals surface area contributed by atoms with Crippen LogP contribution in [-0.4, -0.2) is 32.8 Å². The summed E-state index contributed by atoms with van der Waals surface area (Å²) in [5, 5.41) is 15.6. The Morgan fingerprint density at radius 1 is 1.21 bits per heavy atom. The Morgan fingerprint density at radius 2 is 1.92 bits per heavy atom. The highest BCUT2D eigenvalue weighted by Gasteiger charge is 2.20. The van der Waals surface area contributed by atoms with Gasteiger partial charge in [-0.1, -0.05) is 43.7 Å². The van der Waals surface area contributed by atoms with E-state index in [1.54, 1.807) is 0 Å². The van der Waals surface area contributed by atoms with Gasteiger partial charge in [-0.05, 0) is 18.1 Å². The minimum Gasteiger partial charge on any atom is -0.480 e. The highest BCUT2D eigenvalue weighted by Crippen LogP contribution is 2.02. The maximum absolute atomic E-state index is 12.2. The molecule has 24 heavy (non-hydrogen) atoms. The van der Waals surface area contributed by atoms with Crippen molar-refractivity contribution in [1.29, 1.82) is 0 Å². The van der Waals surface area contributed by atoms with Gasteiger partial charge in [-0.3, -0.25) is 9.59 Å². The number of nitrogens with zero attached hydrogens (tertiary/aromatic N) is 2. The molecule has 7 nitrogen and oxygen atoms in total. The molecule has 1 aromatic heterocycles. The van der Waals surface area contributed by atoms with Crippen molar-refractivity contribution in [3.05, 3.63) is 64.1 Å². The van der Waals surface area contributed by atoms with Crippen LogP contribution in [0.1, 0.15) is 35.8 Å². The molecule has 126 valence electrons. The largest absolute Gasteiger partial charge is 0.480 e. The number of aromatic nitrogens is 2. The summed E-state index contributed by atoms with van der Waals surface area (Å²) < 4.78 is 1.18. The molecule has 1 unspecified atom stereocenters. The highest BCUT2D eigenvalue weighted by atomic mass is 16.4. The van der Waals surface area contributed by atoms with Crippen molar-refractivity contribution in [2.75, 3.05) is 0 Å². The van der Waals surface area contributed by atoms with Crippen molar-refractivity contribution in [1.82, 2.24) is 15.1 Å². The number of rotatable bonds is 7. The van der Waals surface area contributed by atoms with Crippen LogP contribution in [0.4, 0.5) is 0 Å². The van der Waals surface area contributed by atoms with Gasteiger partial charge in [0.05, 0.1) is 6.54 Å². The van der Waals surface area contributed by atoms with Crippen LogP contribution in [0.25, 0.3) is 0 Å². The third kappa shape index (κ3) is 4.52. The molecule has 1 heterocycles. The summed E-state index contributed by atoms with van der Waals surface area (Å²) in [6.07, 6.45) is 0.947. The van der Waals surface area contributed by atoms with Crippen LogP contribution < -0.4 is 10.9 Å². The summed E-state index contributed by atoms with van der Waals surface area (Å²) in [5.74, 6) is -1.71. The van der Waals surface area contributed by atoms with Crippen molar-refractivity contribution in [3.8, 4) is 0 Å². The second kappa shape index (κ2) is 8.05. The van der Waals surface area contributed by atoms with Crippen LogP contribution in [0.5, 0.6) is 0 Å². The molecule has 1 amide bonds. The molecule has 0 spiro atoms. The molecule has 0 saturated heterocycles. The lowest BCUT2D eigenvalue weighted by molar-refractivity contribution is -0.139. The van der Waals surface area contributed by atoms with Crippen LogP contribution in [0.15, 0.2) is 47.3 Å². The van der Waals surface area contributed by atoms with Crippen LogP contribution >= 0.6 is 0 Å². The maximum atomic E-state index is 12.2. The SMILES string of the molecule is CCCC(NC(=O)c1ccc(=O)n(Cc2ccccc2)n1)C(=O)O. The van der Waals surface area contributed by atoms with E-state index in [4.69, 9.17) is 5.11 Å². The van der Waals surface area contributed by atoms with Crippen molar-refractivity contribution in [3.63, 3.8) is 0 Å². The zero-order valence-electron chi connectivity index (χ0n) is 13.3. The van der Waals surface area contributed by atoms with E-state index in [1.165, 1.54) is 16.8 Å². The second-order valence-corrected chi connectivity index (χ2v) is 5.35. The molecule has 0 radical (unpaired) electrons. The van der Waals surface area contributed by atoms with E-state index in [0.717, 1.165) is 5.56 Å². The zero-order valence-corrected chi connectivity index (χ0v) is 13.3. The fraction of sp³-hybridized carbons (Fsp3) is 0.294. The number of benzene rings is 1. The number of hydrogen-bond acceptors (Lipinski definition) is 4. The number of nitrogens with one attached hydrogen (secondary N) is 1. The number of carbonyl (C=O) groups is 2. The number of amides is 1. The van der Waals surface area contributed by atoms with Crippen LogP contribution in [0, 0.1) is 0 Å². The molecule has 0 aliphatic rings. The standard InChI is InChI=1S/C17H19N3O4/c1-2-6-14(17(23)24)18-16(22)13-9-10-15(21)20(19-13)11-12-7-4-3-5-8-12/h3-5,7-10,14H,2,6,11H2,1H3,(H,18,22)(H,23,24). The van der Waals surface area contributed by atoms with Crippen molar-refractivity contribution in [2.45, 2.75) is 32.4 Å². The quantitative estimate of drug-likeness (QED) is 0.797. The Morgan fingerprint density at radius 3 is 2.54 bits per heavy atom. The molecule has 2 aromatic rings. The first-order valence-corrected chi connectivity index (χ1v) is 7.67. The predicted molar refractivity (Wildman–Crippen MR) is 87.8 cm³/mol. The van der Waals surface area contributed by atoms with Gasteiger partial charge in [0.2, 0.25) is 0 Å². The molecule has 0 saturated carbocycles. The molecular weight excluding hydrogens is 310 g/mol. The monoisotopic (exact) mass is 329 g/mol. The second-order valence-electron chi connectivity index (χ2n) is 5.35. The van der Waals surface area contributed by atoms with Gasteiger partial charge in [-0.2, -0.15) is 5.10 Å². The maximum Gasteiger partial charge on any atom is 0.326 e. The first kappa shape index (κ1) is 17.4. The summed E-state index contributed by atoms with van der Waals surface area (Å²) in [7, 11) is 0. The van der Waals surface area contributed by atoms with Gasteiger partial charge in [0.1, 0.15) is 11.7 Å². The average molecular weight is 329 g/mol. The summed E-state index contributed by atoms with van der Waals surface area (Å²) in [5.41, 5.74) is 0.547. The van der Waals surface area contributed by atoms with Crippen LogP contribution in [-0.2, 0) is 11.3 Å². The average Bonchev–Trinajstić information content (AvgIpc) is 2.57. The van der Waals surface area contributed by atoms with Gasteiger partial charge >= 0.3 is 5.97 Å². The lowest BCUT2D eigenvalue weighted by Crippen LogP contribution is -2.41. The van der Waals surface area contributed by atoms with E-state index in [1.807, 2.05) is 37.3 Å². The van der Waals surface area contributed by atoms with E-state index in [0.29, 0.717) is 12.8 Å². The molecule has 1 atom stereocenters. The van der Waals surface area contributed by atoms with Crippen LogP contribution in [0.3, 0.4) is 0 Å². The number of carboxylic acids is 1. The van der Waals surface area contributed by atoms with Gasteiger partial charge in [0, 0.05) is 6.07 Å². The van der Waals surface area contributed by atoms with Gasteiger partial charge in [-0.15, -0.1) is 0 Å². The molecule has 0 aliphatic heterocycles. The Balaban J connectivity index is 2.19. The molecular formula is C17H19N3O4. The summed E-state index contributed by atoms with van der Waals surface area (Å²) in [6.45, 7) is 2.07. The zero-order chi connectivity index (χ0) is 17.5. The molecule has 0 fully saturated rings. The van der Waals surface area contributed by atoms with Gasteiger partial charge in [-0.25, -0.2) is 9.48 Å². The Hall–Kier alpha value is -2.96. The number of carbonyl (C=O) groups excluding carboxylic acids is 1. The van der Waals surface area contributed by atoms with Crippen molar-refractivity contribution in [2.24, 2.45) is 0 Å². The third-order valence-corrected chi connectivity index (χ3v) is 3.46. The Labute approximate surface area is 138 Å². The van der Waals surface area contributed by atoms with E-state index < -0.39 is 17.9 Å². The molecule has 7 heteroatoms. The Bertz CT molecular complexity index is 771. The van der Waals surface area contributed by atoms with E-state index in [-0.39, 0.29) is 17.8 Å². The third-order valence-electron chi connectivity index (χ3n) is 3.46. The highest BCUT2D eigenvalue weighted by molar-refractivity contribution is 5.94. The minimum atomic E-state index is -1.09. The summed E-state index contributed by atoms with van der Waals surface area (Å²) >= 11 is 0. The first-order chi connectivity index (χ1) is 11.5. The Kier molecular flexibility index (Phi) is 5.83. The lowest BCUT2D eigenvalue weighted by Gasteiger charge is -2.13. The van der Waals surface area contributed by atoms with Crippen molar-refractivity contribution >= 4 is 11.9 Å². The normalized spacial score (nSPS) is 11.7. The molecule has 0 bridgehead atoms. The number of hydrogen-bond donors (Lipinski definition) is 2.